The number of aromatic nitrogens is 6. The fourth-order valence-corrected chi connectivity index (χ4v) is 2.22. The highest BCUT2D eigenvalue weighted by Gasteiger charge is 2.22. The first-order valence-corrected chi connectivity index (χ1v) is 6.71. The SMILES string of the molecule is CCCC(=O)N1CCN(c2nnc3nncn3n2)CC1. The summed E-state index contributed by atoms with van der Waals surface area (Å²) in [6.07, 6.45) is 3.00. The van der Waals surface area contributed by atoms with Gasteiger partial charge in [0.05, 0.1) is 0 Å². The molecule has 20 heavy (non-hydrogen) atoms. The molecule has 0 bridgehead atoms. The third-order valence-electron chi connectivity index (χ3n) is 3.32. The van der Waals surface area contributed by atoms with E-state index in [1.165, 1.54) is 10.8 Å². The monoisotopic (exact) mass is 276 g/mol. The normalized spacial score (nSPS) is 15.8. The third-order valence-corrected chi connectivity index (χ3v) is 3.32. The fraction of sp³-hybridized carbons (Fsp3) is 0.636. The molecule has 9 nitrogen and oxygen atoms in total. The highest BCUT2D eigenvalue weighted by Crippen LogP contribution is 2.10. The Kier molecular flexibility index (Phi) is 3.40. The molecule has 1 saturated heterocycles. The van der Waals surface area contributed by atoms with Gasteiger partial charge in [0.1, 0.15) is 6.33 Å². The molecule has 1 amide bonds. The summed E-state index contributed by atoms with van der Waals surface area (Å²) in [7, 11) is 0. The van der Waals surface area contributed by atoms with Crippen LogP contribution in [-0.4, -0.2) is 67.0 Å². The molecule has 0 atom stereocenters. The van der Waals surface area contributed by atoms with Gasteiger partial charge in [-0.2, -0.15) is 4.52 Å². The van der Waals surface area contributed by atoms with Crippen molar-refractivity contribution in [3.05, 3.63) is 6.33 Å². The first-order chi connectivity index (χ1) is 9.78. The van der Waals surface area contributed by atoms with Crippen molar-refractivity contribution in [1.29, 1.82) is 0 Å². The topological polar surface area (TPSA) is 92.4 Å². The summed E-state index contributed by atoms with van der Waals surface area (Å²) in [4.78, 5) is 15.7. The summed E-state index contributed by atoms with van der Waals surface area (Å²) in [5, 5.41) is 19.8. The summed E-state index contributed by atoms with van der Waals surface area (Å²) in [5.41, 5.74) is 0. The first-order valence-electron chi connectivity index (χ1n) is 6.71. The molecule has 1 aliphatic rings. The minimum Gasteiger partial charge on any atom is -0.339 e. The molecule has 106 valence electrons. The van der Waals surface area contributed by atoms with Crippen molar-refractivity contribution in [2.45, 2.75) is 19.8 Å². The summed E-state index contributed by atoms with van der Waals surface area (Å²) < 4.78 is 1.50. The lowest BCUT2D eigenvalue weighted by atomic mass is 10.2. The lowest BCUT2D eigenvalue weighted by molar-refractivity contribution is -0.131. The molecular formula is C11H16N8O. The van der Waals surface area contributed by atoms with Crippen LogP contribution in [0.4, 0.5) is 5.95 Å². The summed E-state index contributed by atoms with van der Waals surface area (Å²) in [6, 6.07) is 0. The van der Waals surface area contributed by atoms with Crippen LogP contribution in [-0.2, 0) is 4.79 Å². The molecular weight excluding hydrogens is 260 g/mol. The zero-order chi connectivity index (χ0) is 13.9. The number of carbonyl (C=O) groups is 1. The second-order valence-corrected chi connectivity index (χ2v) is 4.69. The van der Waals surface area contributed by atoms with Crippen molar-refractivity contribution >= 4 is 17.6 Å². The maximum Gasteiger partial charge on any atom is 0.290 e. The van der Waals surface area contributed by atoms with E-state index in [-0.39, 0.29) is 5.91 Å². The van der Waals surface area contributed by atoms with Crippen molar-refractivity contribution in [2.75, 3.05) is 31.1 Å². The van der Waals surface area contributed by atoms with Gasteiger partial charge in [0.25, 0.3) is 11.7 Å². The molecule has 2 aromatic heterocycles. The van der Waals surface area contributed by atoms with Crippen molar-refractivity contribution < 1.29 is 4.79 Å². The number of amides is 1. The van der Waals surface area contributed by atoms with E-state index >= 15 is 0 Å². The van der Waals surface area contributed by atoms with E-state index < -0.39 is 0 Å². The van der Waals surface area contributed by atoms with Crippen molar-refractivity contribution in [2.24, 2.45) is 0 Å². The Hall–Kier alpha value is -2.32. The van der Waals surface area contributed by atoms with Gasteiger partial charge in [0.15, 0.2) is 0 Å². The van der Waals surface area contributed by atoms with Crippen molar-refractivity contribution in [3.63, 3.8) is 0 Å². The second-order valence-electron chi connectivity index (χ2n) is 4.69. The number of nitrogens with zero attached hydrogens (tertiary/aromatic N) is 8. The fourth-order valence-electron chi connectivity index (χ4n) is 2.22. The summed E-state index contributed by atoms with van der Waals surface area (Å²) in [5.74, 6) is 1.14. The molecule has 0 radical (unpaired) electrons. The molecule has 9 heteroatoms. The smallest absolute Gasteiger partial charge is 0.290 e. The number of hydrogen-bond donors (Lipinski definition) is 0. The van der Waals surface area contributed by atoms with Gasteiger partial charge in [-0.05, 0) is 6.42 Å². The number of hydrogen-bond acceptors (Lipinski definition) is 7. The molecule has 1 aliphatic heterocycles. The van der Waals surface area contributed by atoms with Crippen molar-refractivity contribution in [1.82, 2.24) is 34.9 Å². The molecule has 0 aromatic carbocycles. The highest BCUT2D eigenvalue weighted by molar-refractivity contribution is 5.76. The van der Waals surface area contributed by atoms with Gasteiger partial charge in [-0.1, -0.05) is 6.92 Å². The maximum absolute atomic E-state index is 11.8. The van der Waals surface area contributed by atoms with Gasteiger partial charge < -0.3 is 9.80 Å². The Morgan fingerprint density at radius 2 is 2.00 bits per heavy atom. The van der Waals surface area contributed by atoms with Gasteiger partial charge in [0.2, 0.25) is 5.91 Å². The van der Waals surface area contributed by atoms with Crippen LogP contribution < -0.4 is 4.90 Å². The highest BCUT2D eigenvalue weighted by atomic mass is 16.2. The quantitative estimate of drug-likeness (QED) is 0.736. The molecule has 2 aromatic rings. The minimum absolute atomic E-state index is 0.223. The van der Waals surface area contributed by atoms with Crippen molar-refractivity contribution in [3.8, 4) is 0 Å². The van der Waals surface area contributed by atoms with Crippen LogP contribution >= 0.6 is 0 Å². The van der Waals surface area contributed by atoms with Gasteiger partial charge in [-0.25, -0.2) is 0 Å². The average Bonchev–Trinajstić information content (AvgIpc) is 2.95. The zero-order valence-electron chi connectivity index (χ0n) is 11.3. The van der Waals surface area contributed by atoms with E-state index in [4.69, 9.17) is 0 Å². The van der Waals surface area contributed by atoms with Gasteiger partial charge in [-0.15, -0.1) is 25.5 Å². The average molecular weight is 276 g/mol. The van der Waals surface area contributed by atoms with E-state index in [0.29, 0.717) is 44.3 Å². The first kappa shape index (κ1) is 12.7. The number of piperazine rings is 1. The Labute approximate surface area is 115 Å². The Morgan fingerprint density at radius 3 is 2.75 bits per heavy atom. The molecule has 3 rings (SSSR count). The van der Waals surface area contributed by atoms with Crippen LogP contribution in [0.15, 0.2) is 6.33 Å². The molecule has 0 spiro atoms. The standard InChI is InChI=1S/C11H16N8O/c1-2-3-9(20)17-4-6-18(7-5-17)11-15-14-10-13-12-8-19(10)16-11/h8H,2-7H2,1H3. The van der Waals surface area contributed by atoms with Crippen LogP contribution in [0.2, 0.25) is 0 Å². The molecule has 0 aliphatic carbocycles. The molecule has 0 unspecified atom stereocenters. The lowest BCUT2D eigenvalue weighted by Crippen LogP contribution is -2.49. The number of anilines is 1. The Morgan fingerprint density at radius 1 is 1.20 bits per heavy atom. The predicted octanol–water partition coefficient (Wildman–Crippen LogP) is -0.637. The minimum atomic E-state index is 0.223. The zero-order valence-corrected chi connectivity index (χ0v) is 11.3. The molecule has 0 N–H and O–H groups in total. The van der Waals surface area contributed by atoms with Crippen LogP contribution in [0.25, 0.3) is 5.78 Å². The van der Waals surface area contributed by atoms with Gasteiger partial charge in [-0.3, -0.25) is 4.79 Å². The Bertz CT molecular complexity index is 603. The largest absolute Gasteiger partial charge is 0.339 e. The van der Waals surface area contributed by atoms with Crippen LogP contribution in [0, 0.1) is 0 Å². The van der Waals surface area contributed by atoms with E-state index in [9.17, 15) is 4.79 Å². The van der Waals surface area contributed by atoms with E-state index in [2.05, 4.69) is 25.5 Å². The maximum atomic E-state index is 11.8. The van der Waals surface area contributed by atoms with Crippen LogP contribution in [0.5, 0.6) is 0 Å². The molecule has 3 heterocycles. The summed E-state index contributed by atoms with van der Waals surface area (Å²) in [6.45, 7) is 4.84. The van der Waals surface area contributed by atoms with Gasteiger partial charge in [0, 0.05) is 32.6 Å². The van der Waals surface area contributed by atoms with Gasteiger partial charge >= 0.3 is 0 Å². The predicted molar refractivity (Wildman–Crippen MR) is 70.1 cm³/mol. The number of carbonyl (C=O) groups excluding carboxylic acids is 1. The van der Waals surface area contributed by atoms with Crippen LogP contribution in [0.1, 0.15) is 19.8 Å². The number of fused-ring (bicyclic) bond motifs is 1. The van der Waals surface area contributed by atoms with E-state index in [1.54, 1.807) is 0 Å². The molecule has 1 fully saturated rings. The van der Waals surface area contributed by atoms with E-state index in [1.807, 2.05) is 16.7 Å². The van der Waals surface area contributed by atoms with E-state index in [0.717, 1.165) is 6.42 Å². The summed E-state index contributed by atoms with van der Waals surface area (Å²) >= 11 is 0. The second kappa shape index (κ2) is 5.35. The lowest BCUT2D eigenvalue weighted by Gasteiger charge is -2.34. The third kappa shape index (κ3) is 2.38. The van der Waals surface area contributed by atoms with Crippen LogP contribution in [0.3, 0.4) is 0 Å². The Balaban J connectivity index is 1.66. The number of rotatable bonds is 3. The molecule has 0 saturated carbocycles.